The Balaban J connectivity index is 3.34. The molecule has 12 heavy (non-hydrogen) atoms. The Morgan fingerprint density at radius 2 is 1.33 bits per heavy atom. The smallest absolute Gasteiger partial charge is 0.429 e. The van der Waals surface area contributed by atoms with Crippen molar-refractivity contribution in [2.45, 2.75) is 12.6 Å². The van der Waals surface area contributed by atoms with Gasteiger partial charge in [-0.15, -0.1) is 0 Å². The quantitative estimate of drug-likeness (QED) is 0.287. The molecular weight excluding hydrogens is 172 g/mol. The Kier molecular flexibility index (Phi) is 5.30. The summed E-state index contributed by atoms with van der Waals surface area (Å²) in [6.45, 7) is -1.25. The standard InChI is InChI=1S/C5H10O7/c6-3(7)1-11-5(10)12-2-4(8)9/h3-4,6-9H,1-2H2. The Morgan fingerprint density at radius 1 is 1.00 bits per heavy atom. The van der Waals surface area contributed by atoms with Crippen LogP contribution in [-0.2, 0) is 9.47 Å². The molecule has 0 aliphatic heterocycles. The van der Waals surface area contributed by atoms with Gasteiger partial charge in [0.05, 0.1) is 0 Å². The zero-order valence-electron chi connectivity index (χ0n) is 6.08. The molecule has 0 heterocycles. The number of carbonyl (C=O) groups is 1. The van der Waals surface area contributed by atoms with E-state index in [9.17, 15) is 4.79 Å². The van der Waals surface area contributed by atoms with Gasteiger partial charge in [0.25, 0.3) is 0 Å². The average Bonchev–Trinajstić information content (AvgIpc) is 1.96. The van der Waals surface area contributed by atoms with E-state index < -0.39 is 31.9 Å². The van der Waals surface area contributed by atoms with Crippen molar-refractivity contribution in [3.8, 4) is 0 Å². The molecule has 0 saturated carbocycles. The molecule has 7 heteroatoms. The lowest BCUT2D eigenvalue weighted by molar-refractivity contribution is -0.107. The van der Waals surface area contributed by atoms with Crippen molar-refractivity contribution < 1.29 is 34.7 Å². The van der Waals surface area contributed by atoms with Crippen LogP contribution in [0.25, 0.3) is 0 Å². The van der Waals surface area contributed by atoms with Crippen LogP contribution in [-0.4, -0.2) is 52.4 Å². The van der Waals surface area contributed by atoms with Crippen molar-refractivity contribution in [3.05, 3.63) is 0 Å². The number of ether oxygens (including phenoxy) is 2. The van der Waals surface area contributed by atoms with E-state index in [-0.39, 0.29) is 0 Å². The van der Waals surface area contributed by atoms with Gasteiger partial charge in [-0.1, -0.05) is 0 Å². The highest BCUT2D eigenvalue weighted by molar-refractivity contribution is 5.59. The molecule has 0 aliphatic carbocycles. The summed E-state index contributed by atoms with van der Waals surface area (Å²) in [5.74, 6) is 0. The minimum atomic E-state index is -1.77. The molecule has 0 radical (unpaired) electrons. The topological polar surface area (TPSA) is 116 Å². The predicted molar refractivity (Wildman–Crippen MR) is 33.8 cm³/mol. The number of rotatable bonds is 4. The molecule has 0 aromatic carbocycles. The van der Waals surface area contributed by atoms with Gasteiger partial charge < -0.3 is 29.9 Å². The zero-order chi connectivity index (χ0) is 9.56. The van der Waals surface area contributed by atoms with Crippen LogP contribution in [0.2, 0.25) is 0 Å². The Bertz CT molecular complexity index is 118. The molecular formula is C5H10O7. The number of hydrogen-bond donors (Lipinski definition) is 4. The number of aliphatic hydroxyl groups is 4. The number of aliphatic hydroxyl groups excluding tert-OH is 2. The van der Waals surface area contributed by atoms with Crippen LogP contribution >= 0.6 is 0 Å². The van der Waals surface area contributed by atoms with Crippen molar-refractivity contribution in [2.24, 2.45) is 0 Å². The normalized spacial score (nSPS) is 10.5. The summed E-state index contributed by atoms with van der Waals surface area (Å²) in [5.41, 5.74) is 0. The summed E-state index contributed by atoms with van der Waals surface area (Å²) in [7, 11) is 0. The minimum Gasteiger partial charge on any atom is -0.429 e. The minimum absolute atomic E-state index is 0.625. The van der Waals surface area contributed by atoms with Gasteiger partial charge in [-0.25, -0.2) is 4.79 Å². The van der Waals surface area contributed by atoms with Gasteiger partial charge in [-0.05, 0) is 0 Å². The highest BCUT2D eigenvalue weighted by atomic mass is 16.7. The van der Waals surface area contributed by atoms with E-state index in [1.54, 1.807) is 0 Å². The summed E-state index contributed by atoms with van der Waals surface area (Å²) in [5, 5.41) is 32.8. The molecule has 0 aliphatic rings. The van der Waals surface area contributed by atoms with E-state index in [1.165, 1.54) is 0 Å². The van der Waals surface area contributed by atoms with Gasteiger partial charge in [0.15, 0.2) is 12.6 Å². The lowest BCUT2D eigenvalue weighted by Gasteiger charge is -2.07. The van der Waals surface area contributed by atoms with Gasteiger partial charge in [0.2, 0.25) is 0 Å². The van der Waals surface area contributed by atoms with E-state index in [0.717, 1.165) is 0 Å². The summed E-state index contributed by atoms with van der Waals surface area (Å²) in [4.78, 5) is 10.4. The Morgan fingerprint density at radius 3 is 1.58 bits per heavy atom. The fraction of sp³-hybridized carbons (Fsp3) is 0.800. The Hall–Kier alpha value is -0.890. The van der Waals surface area contributed by atoms with E-state index >= 15 is 0 Å². The molecule has 7 nitrogen and oxygen atoms in total. The maximum Gasteiger partial charge on any atom is 0.508 e. The SMILES string of the molecule is O=C(OCC(O)O)OCC(O)O. The number of carbonyl (C=O) groups excluding carboxylic acids is 1. The molecule has 0 spiro atoms. The molecule has 0 amide bonds. The second-order valence-electron chi connectivity index (χ2n) is 1.83. The highest BCUT2D eigenvalue weighted by Gasteiger charge is 2.08. The van der Waals surface area contributed by atoms with Crippen LogP contribution in [0, 0.1) is 0 Å². The predicted octanol–water partition coefficient (Wildman–Crippen LogP) is -2.24. The monoisotopic (exact) mass is 182 g/mol. The van der Waals surface area contributed by atoms with Crippen LogP contribution in [0.15, 0.2) is 0 Å². The van der Waals surface area contributed by atoms with Gasteiger partial charge in [0.1, 0.15) is 13.2 Å². The van der Waals surface area contributed by atoms with Crippen LogP contribution < -0.4 is 0 Å². The van der Waals surface area contributed by atoms with Crippen molar-refractivity contribution in [2.75, 3.05) is 13.2 Å². The molecule has 0 aromatic rings. The molecule has 0 unspecified atom stereocenters. The van der Waals surface area contributed by atoms with Crippen molar-refractivity contribution >= 4 is 6.16 Å². The maximum atomic E-state index is 10.4. The fourth-order valence-electron chi connectivity index (χ4n) is 0.327. The zero-order valence-corrected chi connectivity index (χ0v) is 6.08. The van der Waals surface area contributed by atoms with Crippen LogP contribution in [0.5, 0.6) is 0 Å². The summed E-state index contributed by atoms with van der Waals surface area (Å²) >= 11 is 0. The molecule has 0 rings (SSSR count). The van der Waals surface area contributed by atoms with Crippen LogP contribution in [0.4, 0.5) is 4.79 Å². The first-order chi connectivity index (χ1) is 5.52. The van der Waals surface area contributed by atoms with E-state index in [4.69, 9.17) is 20.4 Å². The highest BCUT2D eigenvalue weighted by Crippen LogP contribution is 1.88. The second kappa shape index (κ2) is 5.72. The number of hydrogen-bond acceptors (Lipinski definition) is 7. The largest absolute Gasteiger partial charge is 0.508 e. The summed E-state index contributed by atoms with van der Waals surface area (Å²) in [6.07, 6.45) is -4.73. The van der Waals surface area contributed by atoms with Gasteiger partial charge in [-0.2, -0.15) is 0 Å². The molecule has 0 atom stereocenters. The molecule has 0 fully saturated rings. The van der Waals surface area contributed by atoms with E-state index in [1.807, 2.05) is 0 Å². The summed E-state index contributed by atoms with van der Waals surface area (Å²) in [6, 6.07) is 0. The van der Waals surface area contributed by atoms with Gasteiger partial charge in [0, 0.05) is 0 Å². The molecule has 0 saturated heterocycles. The maximum absolute atomic E-state index is 10.4. The van der Waals surface area contributed by atoms with Crippen molar-refractivity contribution in [3.63, 3.8) is 0 Å². The summed E-state index contributed by atoms with van der Waals surface area (Å²) < 4.78 is 8.14. The second-order valence-corrected chi connectivity index (χ2v) is 1.83. The third kappa shape index (κ3) is 7.22. The molecule has 0 bridgehead atoms. The lowest BCUT2D eigenvalue weighted by Crippen LogP contribution is -2.22. The van der Waals surface area contributed by atoms with Crippen molar-refractivity contribution in [1.82, 2.24) is 0 Å². The third-order valence-corrected chi connectivity index (χ3v) is 0.701. The lowest BCUT2D eigenvalue weighted by atomic mass is 10.7. The third-order valence-electron chi connectivity index (χ3n) is 0.701. The Labute approximate surface area is 67.8 Å². The fourth-order valence-corrected chi connectivity index (χ4v) is 0.327. The van der Waals surface area contributed by atoms with E-state index in [2.05, 4.69) is 9.47 Å². The van der Waals surface area contributed by atoms with Gasteiger partial charge >= 0.3 is 6.16 Å². The van der Waals surface area contributed by atoms with Crippen molar-refractivity contribution in [1.29, 1.82) is 0 Å². The molecule has 0 aromatic heterocycles. The first kappa shape index (κ1) is 11.1. The average molecular weight is 182 g/mol. The molecule has 72 valence electrons. The van der Waals surface area contributed by atoms with Gasteiger partial charge in [-0.3, -0.25) is 0 Å². The van der Waals surface area contributed by atoms with Crippen LogP contribution in [0.1, 0.15) is 0 Å². The molecule has 4 N–H and O–H groups in total. The van der Waals surface area contributed by atoms with Crippen LogP contribution in [0.3, 0.4) is 0 Å². The first-order valence-electron chi connectivity index (χ1n) is 3.04. The van der Waals surface area contributed by atoms with E-state index in [0.29, 0.717) is 0 Å². The first-order valence-corrected chi connectivity index (χ1v) is 3.04.